The van der Waals surface area contributed by atoms with E-state index in [0.717, 1.165) is 60.3 Å². The van der Waals surface area contributed by atoms with Gasteiger partial charge in [-0.2, -0.15) is 5.10 Å². The number of nitrogens with zero attached hydrogens (tertiary/aromatic N) is 4. The van der Waals surface area contributed by atoms with Crippen LogP contribution in [-0.2, 0) is 34.6 Å². The number of aromatic nitrogens is 3. The standard InChI is InChI=1S/C20H26N6O2S/c1-12(2)26-11-7-16(24-26)29(21,28)25-19(27)23-17-13-4-3-5-15(13)22-18-14(17)6-8-20(18)9-10-20/h7,11-12H,3-6,8-10H2,1-2H3,(H3,21,22,23,25,27,28). The molecule has 0 aromatic carbocycles. The number of fused-ring (bicyclic) bond motifs is 3. The van der Waals surface area contributed by atoms with Gasteiger partial charge in [0.25, 0.3) is 0 Å². The lowest BCUT2D eigenvalue weighted by atomic mass is 10.0. The zero-order valence-electron chi connectivity index (χ0n) is 16.8. The molecule has 9 heteroatoms. The number of amides is 2. The average Bonchev–Trinajstić information content (AvgIpc) is 3.05. The van der Waals surface area contributed by atoms with Crippen molar-refractivity contribution in [3.63, 3.8) is 0 Å². The normalized spacial score (nSPS) is 20.4. The molecular formula is C20H26N6O2S. The molecule has 1 atom stereocenters. The van der Waals surface area contributed by atoms with Crippen molar-refractivity contribution in [2.24, 2.45) is 9.50 Å². The van der Waals surface area contributed by atoms with Gasteiger partial charge in [0.05, 0.1) is 11.4 Å². The van der Waals surface area contributed by atoms with Crippen LogP contribution in [0.5, 0.6) is 0 Å². The first-order valence-corrected chi connectivity index (χ1v) is 11.8. The van der Waals surface area contributed by atoms with E-state index in [1.165, 1.54) is 12.8 Å². The molecule has 29 heavy (non-hydrogen) atoms. The summed E-state index contributed by atoms with van der Waals surface area (Å²) in [7, 11) is -3.42. The number of hydrogen-bond donors (Lipinski definition) is 2. The quantitative estimate of drug-likeness (QED) is 0.802. The number of aryl methyl sites for hydroxylation is 1. The summed E-state index contributed by atoms with van der Waals surface area (Å²) >= 11 is 0. The maximum atomic E-state index is 12.9. The Morgan fingerprint density at radius 3 is 2.76 bits per heavy atom. The molecule has 0 saturated heterocycles. The van der Waals surface area contributed by atoms with E-state index < -0.39 is 15.9 Å². The molecular weight excluding hydrogens is 388 g/mol. The van der Waals surface area contributed by atoms with Gasteiger partial charge in [-0.05, 0) is 76.0 Å². The zero-order chi connectivity index (χ0) is 20.4. The van der Waals surface area contributed by atoms with Crippen molar-refractivity contribution < 1.29 is 9.00 Å². The molecule has 8 nitrogen and oxygen atoms in total. The van der Waals surface area contributed by atoms with E-state index in [9.17, 15) is 9.00 Å². The van der Waals surface area contributed by atoms with Crippen LogP contribution < -0.4 is 10.5 Å². The number of hydrogen-bond acceptors (Lipinski definition) is 4. The van der Waals surface area contributed by atoms with E-state index in [2.05, 4.69) is 14.8 Å². The van der Waals surface area contributed by atoms with E-state index >= 15 is 0 Å². The number of carbonyl (C=O) groups excluding carboxylic acids is 1. The number of pyridine rings is 1. The van der Waals surface area contributed by atoms with Crippen molar-refractivity contribution in [3.05, 3.63) is 34.8 Å². The SMILES string of the molecule is CC(C)n1ccc(S(N)(=O)=NC(=O)Nc2c3c(nc4c2CCC42CC2)CCC3)n1. The van der Waals surface area contributed by atoms with E-state index in [4.69, 9.17) is 10.1 Å². The highest BCUT2D eigenvalue weighted by Gasteiger charge is 2.51. The van der Waals surface area contributed by atoms with Crippen LogP contribution in [0.15, 0.2) is 21.7 Å². The van der Waals surface area contributed by atoms with Gasteiger partial charge in [-0.25, -0.2) is 14.1 Å². The zero-order valence-corrected chi connectivity index (χ0v) is 17.6. The molecule has 2 heterocycles. The van der Waals surface area contributed by atoms with Gasteiger partial charge in [0.2, 0.25) is 0 Å². The van der Waals surface area contributed by atoms with Crippen LogP contribution in [0.25, 0.3) is 0 Å². The van der Waals surface area contributed by atoms with Crippen molar-refractivity contribution >= 4 is 21.6 Å². The topological polar surface area (TPSA) is 115 Å². The smallest absolute Gasteiger partial charge is 0.305 e. The maximum Gasteiger partial charge on any atom is 0.354 e. The molecule has 0 radical (unpaired) electrons. The van der Waals surface area contributed by atoms with E-state index in [1.807, 2.05) is 13.8 Å². The number of nitrogens with one attached hydrogen (secondary N) is 1. The fourth-order valence-electron chi connectivity index (χ4n) is 4.64. The van der Waals surface area contributed by atoms with Crippen LogP contribution in [0, 0.1) is 0 Å². The monoisotopic (exact) mass is 414 g/mol. The predicted molar refractivity (Wildman–Crippen MR) is 110 cm³/mol. The van der Waals surface area contributed by atoms with E-state index in [1.54, 1.807) is 16.9 Å². The molecule has 0 aliphatic heterocycles. The number of urea groups is 1. The van der Waals surface area contributed by atoms with Crippen LogP contribution in [-0.4, -0.2) is 25.0 Å². The van der Waals surface area contributed by atoms with Gasteiger partial charge < -0.3 is 5.32 Å². The number of carbonyl (C=O) groups is 1. The van der Waals surface area contributed by atoms with Crippen LogP contribution in [0.1, 0.15) is 68.1 Å². The molecule has 2 aromatic rings. The largest absolute Gasteiger partial charge is 0.354 e. The molecule has 1 fully saturated rings. The summed E-state index contributed by atoms with van der Waals surface area (Å²) in [5, 5.41) is 13.2. The van der Waals surface area contributed by atoms with Crippen LogP contribution >= 0.6 is 0 Å². The molecule has 154 valence electrons. The summed E-state index contributed by atoms with van der Waals surface area (Å²) < 4.78 is 18.3. The van der Waals surface area contributed by atoms with Crippen LogP contribution in [0.4, 0.5) is 10.5 Å². The highest BCUT2D eigenvalue weighted by molar-refractivity contribution is 7.91. The van der Waals surface area contributed by atoms with Gasteiger partial charge >= 0.3 is 6.03 Å². The summed E-state index contributed by atoms with van der Waals surface area (Å²) in [5.41, 5.74) is 5.57. The second-order valence-electron chi connectivity index (χ2n) is 8.69. The molecule has 2 aromatic heterocycles. The summed E-state index contributed by atoms with van der Waals surface area (Å²) in [5.74, 6) is 0. The molecule has 1 saturated carbocycles. The Balaban J connectivity index is 1.48. The highest BCUT2D eigenvalue weighted by atomic mass is 32.2. The summed E-state index contributed by atoms with van der Waals surface area (Å²) in [6.07, 6.45) is 8.95. The molecule has 1 unspecified atom stereocenters. The lowest BCUT2D eigenvalue weighted by Crippen LogP contribution is -2.20. The summed E-state index contributed by atoms with van der Waals surface area (Å²) in [6, 6.07) is 0.970. The second kappa shape index (κ2) is 6.37. The maximum absolute atomic E-state index is 12.9. The number of nitrogens with two attached hydrogens (primary N) is 1. The fraction of sp³-hybridized carbons (Fsp3) is 0.550. The van der Waals surface area contributed by atoms with E-state index in [0.29, 0.717) is 0 Å². The van der Waals surface area contributed by atoms with Gasteiger partial charge in [0.1, 0.15) is 0 Å². The molecule has 5 rings (SSSR count). The highest BCUT2D eigenvalue weighted by Crippen LogP contribution is 2.58. The summed E-state index contributed by atoms with van der Waals surface area (Å²) in [6.45, 7) is 3.91. The Morgan fingerprint density at radius 1 is 1.28 bits per heavy atom. The Bertz CT molecular complexity index is 1140. The van der Waals surface area contributed by atoms with Crippen LogP contribution in [0.3, 0.4) is 0 Å². The summed E-state index contributed by atoms with van der Waals surface area (Å²) in [4.78, 5) is 17.7. The van der Waals surface area contributed by atoms with Gasteiger partial charge in [0, 0.05) is 23.3 Å². The number of rotatable bonds is 3. The first kappa shape index (κ1) is 18.7. The predicted octanol–water partition coefficient (Wildman–Crippen LogP) is 3.26. The number of anilines is 1. The molecule has 1 spiro atoms. The molecule has 3 N–H and O–H groups in total. The van der Waals surface area contributed by atoms with Crippen molar-refractivity contribution in [3.8, 4) is 0 Å². The molecule has 3 aliphatic rings. The lowest BCUT2D eigenvalue weighted by molar-refractivity contribution is 0.260. The Kier molecular flexibility index (Phi) is 4.12. The lowest BCUT2D eigenvalue weighted by Gasteiger charge is -2.16. The molecule has 0 bridgehead atoms. The second-order valence-corrected chi connectivity index (χ2v) is 10.4. The van der Waals surface area contributed by atoms with Crippen molar-refractivity contribution in [2.75, 3.05) is 5.32 Å². The first-order chi connectivity index (χ1) is 13.8. The Hall–Kier alpha value is -2.26. The average molecular weight is 415 g/mol. The Labute approximate surface area is 170 Å². The minimum absolute atomic E-state index is 0.101. The third-order valence-electron chi connectivity index (χ3n) is 6.40. The molecule has 3 aliphatic carbocycles. The van der Waals surface area contributed by atoms with Gasteiger partial charge in [0.15, 0.2) is 14.9 Å². The fourth-order valence-corrected chi connectivity index (χ4v) is 5.49. The third-order valence-corrected chi connectivity index (χ3v) is 7.65. The minimum atomic E-state index is -3.42. The van der Waals surface area contributed by atoms with E-state index in [-0.39, 0.29) is 16.5 Å². The van der Waals surface area contributed by atoms with Crippen molar-refractivity contribution in [1.82, 2.24) is 14.8 Å². The third kappa shape index (κ3) is 3.07. The van der Waals surface area contributed by atoms with Crippen molar-refractivity contribution in [2.45, 2.75) is 75.3 Å². The van der Waals surface area contributed by atoms with Gasteiger partial charge in [-0.1, -0.05) is 0 Å². The van der Waals surface area contributed by atoms with Crippen molar-refractivity contribution in [1.29, 1.82) is 0 Å². The minimum Gasteiger partial charge on any atom is -0.305 e. The van der Waals surface area contributed by atoms with Gasteiger partial charge in [-0.15, -0.1) is 4.36 Å². The Morgan fingerprint density at radius 2 is 2.07 bits per heavy atom. The van der Waals surface area contributed by atoms with Gasteiger partial charge in [-0.3, -0.25) is 9.67 Å². The first-order valence-electron chi connectivity index (χ1n) is 10.3. The van der Waals surface area contributed by atoms with Crippen LogP contribution in [0.2, 0.25) is 0 Å². The molecule has 2 amide bonds.